The minimum atomic E-state index is -0.852. The highest BCUT2D eigenvalue weighted by molar-refractivity contribution is 5.87. The van der Waals surface area contributed by atoms with Gasteiger partial charge in [0.15, 0.2) is 0 Å². The molecule has 0 aliphatic carbocycles. The molecule has 0 aromatic rings. The lowest BCUT2D eigenvalue weighted by atomic mass is 10.1. The van der Waals surface area contributed by atoms with Crippen molar-refractivity contribution in [3.8, 4) is 0 Å². The van der Waals surface area contributed by atoms with Crippen LogP contribution in [0.5, 0.6) is 0 Å². The Balaban J connectivity index is 1.91. The lowest BCUT2D eigenvalue weighted by Gasteiger charge is -2.21. The van der Waals surface area contributed by atoms with Crippen LogP contribution in [0.25, 0.3) is 0 Å². The Morgan fingerprint density at radius 2 is 1.43 bits per heavy atom. The number of carboxylic acid groups (broad SMARTS) is 1. The molecule has 1 saturated heterocycles. The average Bonchev–Trinajstić information content (AvgIpc) is 2.89. The van der Waals surface area contributed by atoms with Gasteiger partial charge >= 0.3 is 5.97 Å². The van der Waals surface area contributed by atoms with E-state index < -0.39 is 12.0 Å². The summed E-state index contributed by atoms with van der Waals surface area (Å²) in [5, 5.41) is 9.10. The quantitative estimate of drug-likeness (QED) is 0.468. The van der Waals surface area contributed by atoms with E-state index in [1.54, 1.807) is 4.90 Å². The fourth-order valence-electron chi connectivity index (χ4n) is 3.39. The molecule has 1 heterocycles. The summed E-state index contributed by atoms with van der Waals surface area (Å²) in [6.07, 6.45) is 16.3. The second kappa shape index (κ2) is 12.4. The van der Waals surface area contributed by atoms with Crippen LogP contribution in [0.15, 0.2) is 0 Å². The van der Waals surface area contributed by atoms with Crippen molar-refractivity contribution < 1.29 is 14.7 Å². The summed E-state index contributed by atoms with van der Waals surface area (Å²) in [7, 11) is 0. The number of nitrogens with zero attached hydrogens (tertiary/aromatic N) is 1. The zero-order valence-corrected chi connectivity index (χ0v) is 14.9. The van der Waals surface area contributed by atoms with Gasteiger partial charge in [-0.25, -0.2) is 4.79 Å². The molecule has 1 N–H and O–H groups in total. The highest BCUT2D eigenvalue weighted by Crippen LogP contribution is 2.20. The second-order valence-corrected chi connectivity index (χ2v) is 6.87. The van der Waals surface area contributed by atoms with Gasteiger partial charge in [-0.05, 0) is 12.8 Å². The average molecular weight is 325 g/mol. The van der Waals surface area contributed by atoms with Gasteiger partial charge in [-0.3, -0.25) is 4.79 Å². The zero-order chi connectivity index (χ0) is 16.9. The molecule has 134 valence electrons. The number of unbranched alkanes of at least 4 members (excludes halogenated alkanes) is 11. The number of amides is 1. The number of rotatable bonds is 14. The normalized spacial score (nSPS) is 17.9. The summed E-state index contributed by atoms with van der Waals surface area (Å²) in [6.45, 7) is 2.87. The van der Waals surface area contributed by atoms with Crippen LogP contribution in [0.4, 0.5) is 0 Å². The van der Waals surface area contributed by atoms with Crippen molar-refractivity contribution in [3.05, 3.63) is 0 Å². The predicted octanol–water partition coefficient (Wildman–Crippen LogP) is 4.76. The molecular weight excluding hydrogens is 290 g/mol. The van der Waals surface area contributed by atoms with E-state index >= 15 is 0 Å². The van der Waals surface area contributed by atoms with E-state index in [9.17, 15) is 9.59 Å². The molecule has 1 aliphatic heterocycles. The van der Waals surface area contributed by atoms with E-state index in [1.165, 1.54) is 64.2 Å². The molecular formula is C19H35NO3. The van der Waals surface area contributed by atoms with Crippen LogP contribution in [0.1, 0.15) is 96.8 Å². The molecule has 1 unspecified atom stereocenters. The summed E-state index contributed by atoms with van der Waals surface area (Å²) in [5.41, 5.74) is 0. The van der Waals surface area contributed by atoms with Gasteiger partial charge < -0.3 is 10.0 Å². The van der Waals surface area contributed by atoms with Crippen molar-refractivity contribution in [1.29, 1.82) is 0 Å². The molecule has 0 bridgehead atoms. The molecule has 4 heteroatoms. The van der Waals surface area contributed by atoms with Crippen molar-refractivity contribution in [2.75, 3.05) is 6.54 Å². The number of hydrogen-bond acceptors (Lipinski definition) is 2. The predicted molar refractivity (Wildman–Crippen MR) is 93.4 cm³/mol. The van der Waals surface area contributed by atoms with Crippen molar-refractivity contribution in [3.63, 3.8) is 0 Å². The van der Waals surface area contributed by atoms with Crippen LogP contribution in [0.3, 0.4) is 0 Å². The first-order chi connectivity index (χ1) is 11.2. The van der Waals surface area contributed by atoms with Gasteiger partial charge in [0.25, 0.3) is 0 Å². The maximum absolute atomic E-state index is 11.7. The Morgan fingerprint density at radius 1 is 0.957 bits per heavy atom. The maximum Gasteiger partial charge on any atom is 0.326 e. The SMILES string of the molecule is CCCCCCCCCCCCCCN1C(=O)CCC1C(=O)O. The molecule has 0 aromatic carbocycles. The maximum atomic E-state index is 11.7. The fourth-order valence-corrected chi connectivity index (χ4v) is 3.39. The summed E-state index contributed by atoms with van der Waals surface area (Å²) >= 11 is 0. The highest BCUT2D eigenvalue weighted by atomic mass is 16.4. The lowest BCUT2D eigenvalue weighted by molar-refractivity contribution is -0.146. The highest BCUT2D eigenvalue weighted by Gasteiger charge is 2.35. The number of likely N-dealkylation sites (tertiary alicyclic amines) is 1. The van der Waals surface area contributed by atoms with Crippen LogP contribution in [-0.2, 0) is 9.59 Å². The molecule has 1 fully saturated rings. The Hall–Kier alpha value is -1.06. The Kier molecular flexibility index (Phi) is 10.8. The van der Waals surface area contributed by atoms with E-state index in [4.69, 9.17) is 5.11 Å². The number of aliphatic carboxylic acids is 1. The van der Waals surface area contributed by atoms with Crippen LogP contribution in [0, 0.1) is 0 Å². The Labute approximate surface area is 141 Å². The van der Waals surface area contributed by atoms with E-state index in [2.05, 4.69) is 6.92 Å². The third kappa shape index (κ3) is 8.38. The van der Waals surface area contributed by atoms with Crippen LogP contribution < -0.4 is 0 Å². The van der Waals surface area contributed by atoms with Gasteiger partial charge in [-0.2, -0.15) is 0 Å². The molecule has 0 saturated carbocycles. The zero-order valence-electron chi connectivity index (χ0n) is 14.9. The molecule has 0 aromatic heterocycles. The van der Waals surface area contributed by atoms with E-state index in [-0.39, 0.29) is 5.91 Å². The molecule has 4 nitrogen and oxygen atoms in total. The van der Waals surface area contributed by atoms with E-state index in [1.807, 2.05) is 0 Å². The first-order valence-corrected chi connectivity index (χ1v) is 9.69. The summed E-state index contributed by atoms with van der Waals surface area (Å²) < 4.78 is 0. The third-order valence-corrected chi connectivity index (χ3v) is 4.87. The fraction of sp³-hybridized carbons (Fsp3) is 0.895. The summed E-state index contributed by atoms with van der Waals surface area (Å²) in [5.74, 6) is -0.838. The first kappa shape index (κ1) is 20.0. The Bertz CT molecular complexity index is 344. The molecule has 23 heavy (non-hydrogen) atoms. The van der Waals surface area contributed by atoms with Gasteiger partial charge in [0, 0.05) is 13.0 Å². The number of hydrogen-bond donors (Lipinski definition) is 1. The van der Waals surface area contributed by atoms with Crippen molar-refractivity contribution in [1.82, 2.24) is 4.90 Å². The van der Waals surface area contributed by atoms with Gasteiger partial charge in [0.05, 0.1) is 0 Å². The molecule has 1 aliphatic rings. The van der Waals surface area contributed by atoms with Crippen LogP contribution in [-0.4, -0.2) is 34.5 Å². The number of carbonyl (C=O) groups is 2. The standard InChI is InChI=1S/C19H35NO3/c1-2-3-4-5-6-7-8-9-10-11-12-13-16-20-17(19(22)23)14-15-18(20)21/h17H,2-16H2,1H3,(H,22,23). The first-order valence-electron chi connectivity index (χ1n) is 9.69. The topological polar surface area (TPSA) is 57.6 Å². The molecule has 0 radical (unpaired) electrons. The minimum absolute atomic E-state index is 0.0143. The van der Waals surface area contributed by atoms with Gasteiger partial charge in [0.1, 0.15) is 6.04 Å². The Morgan fingerprint density at radius 3 is 1.91 bits per heavy atom. The smallest absolute Gasteiger partial charge is 0.326 e. The van der Waals surface area contributed by atoms with Crippen LogP contribution in [0.2, 0.25) is 0 Å². The minimum Gasteiger partial charge on any atom is -0.480 e. The molecule has 1 rings (SSSR count). The van der Waals surface area contributed by atoms with Gasteiger partial charge in [0.2, 0.25) is 5.91 Å². The largest absolute Gasteiger partial charge is 0.480 e. The van der Waals surface area contributed by atoms with Crippen molar-refractivity contribution in [2.24, 2.45) is 0 Å². The second-order valence-electron chi connectivity index (χ2n) is 6.87. The molecule has 0 spiro atoms. The van der Waals surface area contributed by atoms with E-state index in [0.29, 0.717) is 19.4 Å². The van der Waals surface area contributed by atoms with Crippen molar-refractivity contribution >= 4 is 11.9 Å². The monoisotopic (exact) mass is 325 g/mol. The molecule has 1 atom stereocenters. The number of carbonyl (C=O) groups excluding carboxylic acids is 1. The summed E-state index contributed by atoms with van der Waals surface area (Å²) in [4.78, 5) is 24.3. The third-order valence-electron chi connectivity index (χ3n) is 4.87. The van der Waals surface area contributed by atoms with Gasteiger partial charge in [-0.1, -0.05) is 77.6 Å². The van der Waals surface area contributed by atoms with Crippen molar-refractivity contribution in [2.45, 2.75) is 103 Å². The van der Waals surface area contributed by atoms with E-state index in [0.717, 1.165) is 12.8 Å². The number of carboxylic acids is 1. The van der Waals surface area contributed by atoms with Gasteiger partial charge in [-0.15, -0.1) is 0 Å². The summed E-state index contributed by atoms with van der Waals surface area (Å²) in [6, 6.07) is -0.574. The molecule has 1 amide bonds. The van der Waals surface area contributed by atoms with Crippen LogP contribution >= 0.6 is 0 Å². The lowest BCUT2D eigenvalue weighted by Crippen LogP contribution is -2.39.